The van der Waals surface area contributed by atoms with Crippen molar-refractivity contribution in [3.63, 3.8) is 0 Å². The molecule has 6 nitrogen and oxygen atoms in total. The van der Waals surface area contributed by atoms with Crippen LogP contribution >= 0.6 is 23.4 Å². The van der Waals surface area contributed by atoms with Crippen LogP contribution in [0.3, 0.4) is 0 Å². The Bertz CT molecular complexity index is 1020. The van der Waals surface area contributed by atoms with Crippen LogP contribution in [0, 0.1) is 0 Å². The zero-order valence-corrected chi connectivity index (χ0v) is 19.5. The highest BCUT2D eigenvalue weighted by atomic mass is 35.5. The highest BCUT2D eigenvalue weighted by molar-refractivity contribution is 8.04. The third-order valence-corrected chi connectivity index (χ3v) is 6.91. The van der Waals surface area contributed by atoms with Gasteiger partial charge in [0.25, 0.3) is 11.8 Å². The quantitative estimate of drug-likeness (QED) is 0.707. The monoisotopic (exact) mass is 471 g/mol. The third-order valence-electron chi connectivity index (χ3n) is 5.54. The van der Waals surface area contributed by atoms with Gasteiger partial charge in [-0.3, -0.25) is 14.5 Å². The Hall–Kier alpha value is -2.48. The molecule has 168 valence electrons. The summed E-state index contributed by atoms with van der Waals surface area (Å²) >= 11 is 7.66. The van der Waals surface area contributed by atoms with Gasteiger partial charge < -0.3 is 15.0 Å². The van der Waals surface area contributed by atoms with E-state index in [1.165, 1.54) is 17.3 Å². The standard InChI is InChI=1S/C24H26ClN3O3S/c1-17-22(32-14-13-31-17)23(29)26-21-8-7-19(25)15-20(21)24(30)28-11-9-27(10-12-28)16-18-5-3-2-4-6-18/h2-8,15H,9-14,16H2,1H3,(H,26,29). The van der Waals surface area contributed by atoms with Crippen LogP contribution in [0.2, 0.25) is 5.02 Å². The van der Waals surface area contributed by atoms with Crippen molar-refractivity contribution in [2.75, 3.05) is 43.9 Å². The van der Waals surface area contributed by atoms with Crippen molar-refractivity contribution in [1.82, 2.24) is 9.80 Å². The van der Waals surface area contributed by atoms with Crippen molar-refractivity contribution in [1.29, 1.82) is 0 Å². The van der Waals surface area contributed by atoms with Gasteiger partial charge in [-0.2, -0.15) is 0 Å². The summed E-state index contributed by atoms with van der Waals surface area (Å²) < 4.78 is 5.49. The Labute approximate surface area is 197 Å². The molecule has 0 saturated carbocycles. The molecule has 0 atom stereocenters. The number of amides is 2. The molecular formula is C24H26ClN3O3S. The second-order valence-electron chi connectivity index (χ2n) is 7.78. The minimum absolute atomic E-state index is 0.125. The van der Waals surface area contributed by atoms with Crippen LogP contribution in [0.25, 0.3) is 0 Å². The summed E-state index contributed by atoms with van der Waals surface area (Å²) in [6.07, 6.45) is 0. The fourth-order valence-corrected chi connectivity index (χ4v) is 4.82. The minimum Gasteiger partial charge on any atom is -0.496 e. The van der Waals surface area contributed by atoms with Gasteiger partial charge in [-0.1, -0.05) is 41.9 Å². The van der Waals surface area contributed by atoms with Gasteiger partial charge in [-0.05, 0) is 30.7 Å². The van der Waals surface area contributed by atoms with Crippen LogP contribution in [0.15, 0.2) is 59.2 Å². The second kappa shape index (κ2) is 10.4. The van der Waals surface area contributed by atoms with Crippen LogP contribution in [0.4, 0.5) is 5.69 Å². The Kier molecular flexibility index (Phi) is 7.40. The number of benzene rings is 2. The number of carbonyl (C=O) groups excluding carboxylic acids is 2. The van der Waals surface area contributed by atoms with Crippen molar-refractivity contribution in [3.05, 3.63) is 75.3 Å². The summed E-state index contributed by atoms with van der Waals surface area (Å²) in [4.78, 5) is 30.8. The lowest BCUT2D eigenvalue weighted by molar-refractivity contribution is -0.112. The lowest BCUT2D eigenvalue weighted by atomic mass is 10.1. The van der Waals surface area contributed by atoms with Crippen LogP contribution in [-0.4, -0.2) is 60.2 Å². The Balaban J connectivity index is 1.43. The minimum atomic E-state index is -0.267. The Morgan fingerprint density at radius 2 is 1.84 bits per heavy atom. The first kappa shape index (κ1) is 22.7. The maximum atomic E-state index is 13.3. The maximum absolute atomic E-state index is 13.3. The van der Waals surface area contributed by atoms with Gasteiger partial charge in [0, 0.05) is 43.5 Å². The number of hydrogen-bond donors (Lipinski definition) is 1. The van der Waals surface area contributed by atoms with Gasteiger partial charge in [-0.25, -0.2) is 0 Å². The lowest BCUT2D eigenvalue weighted by Crippen LogP contribution is -2.48. The molecule has 4 rings (SSSR count). The number of rotatable bonds is 5. The SMILES string of the molecule is CC1=C(C(=O)Nc2ccc(Cl)cc2C(=O)N2CCN(Cc3ccccc3)CC2)SCCO1. The summed E-state index contributed by atoms with van der Waals surface area (Å²) in [7, 11) is 0. The van der Waals surface area contributed by atoms with E-state index < -0.39 is 0 Å². The number of carbonyl (C=O) groups is 2. The van der Waals surface area contributed by atoms with E-state index in [2.05, 4.69) is 22.3 Å². The number of anilines is 1. The second-order valence-corrected chi connectivity index (χ2v) is 9.32. The van der Waals surface area contributed by atoms with Crippen molar-refractivity contribution < 1.29 is 14.3 Å². The van der Waals surface area contributed by atoms with Gasteiger partial charge in [0.1, 0.15) is 10.7 Å². The van der Waals surface area contributed by atoms with Crippen molar-refractivity contribution in [2.45, 2.75) is 13.5 Å². The van der Waals surface area contributed by atoms with E-state index in [9.17, 15) is 9.59 Å². The van der Waals surface area contributed by atoms with E-state index in [-0.39, 0.29) is 11.8 Å². The number of thioether (sulfide) groups is 1. The van der Waals surface area contributed by atoms with E-state index in [1.54, 1.807) is 25.1 Å². The molecule has 2 amide bonds. The summed E-state index contributed by atoms with van der Waals surface area (Å²) in [6, 6.07) is 15.3. The predicted molar refractivity (Wildman–Crippen MR) is 129 cm³/mol. The number of piperazine rings is 1. The van der Waals surface area contributed by atoms with Crippen LogP contribution in [-0.2, 0) is 16.1 Å². The predicted octanol–water partition coefficient (Wildman–Crippen LogP) is 4.23. The molecule has 2 aromatic carbocycles. The zero-order chi connectivity index (χ0) is 22.5. The van der Waals surface area contributed by atoms with Gasteiger partial charge in [0.2, 0.25) is 0 Å². The molecule has 2 aliphatic rings. The molecule has 1 N–H and O–H groups in total. The summed E-state index contributed by atoms with van der Waals surface area (Å²) in [5.74, 6) is 0.937. The maximum Gasteiger partial charge on any atom is 0.265 e. The van der Waals surface area contributed by atoms with E-state index in [0.717, 1.165) is 25.4 Å². The largest absolute Gasteiger partial charge is 0.496 e. The highest BCUT2D eigenvalue weighted by Gasteiger charge is 2.26. The average molecular weight is 472 g/mol. The number of hydrogen-bond acceptors (Lipinski definition) is 5. The molecule has 2 aromatic rings. The van der Waals surface area contributed by atoms with Gasteiger partial charge in [0.05, 0.1) is 17.9 Å². The Morgan fingerprint density at radius 3 is 2.56 bits per heavy atom. The smallest absolute Gasteiger partial charge is 0.265 e. The third kappa shape index (κ3) is 5.46. The van der Waals surface area contributed by atoms with Crippen LogP contribution in [0.5, 0.6) is 0 Å². The van der Waals surface area contributed by atoms with E-state index in [1.807, 2.05) is 23.1 Å². The molecule has 0 unspecified atom stereocenters. The van der Waals surface area contributed by atoms with Gasteiger partial charge >= 0.3 is 0 Å². The molecule has 0 aromatic heterocycles. The molecule has 2 heterocycles. The molecule has 0 aliphatic carbocycles. The lowest BCUT2D eigenvalue weighted by Gasteiger charge is -2.35. The fraction of sp³-hybridized carbons (Fsp3) is 0.333. The first-order valence-electron chi connectivity index (χ1n) is 10.6. The molecule has 32 heavy (non-hydrogen) atoms. The topological polar surface area (TPSA) is 61.9 Å². The summed E-state index contributed by atoms with van der Waals surface area (Å²) in [5, 5.41) is 3.34. The van der Waals surface area contributed by atoms with Crippen molar-refractivity contribution in [3.8, 4) is 0 Å². The van der Waals surface area contributed by atoms with E-state index in [4.69, 9.17) is 16.3 Å². The van der Waals surface area contributed by atoms with E-state index in [0.29, 0.717) is 46.6 Å². The van der Waals surface area contributed by atoms with Crippen molar-refractivity contribution in [2.24, 2.45) is 0 Å². The number of nitrogens with zero attached hydrogens (tertiary/aromatic N) is 2. The van der Waals surface area contributed by atoms with Crippen molar-refractivity contribution >= 4 is 40.9 Å². The molecule has 0 spiro atoms. The number of nitrogens with one attached hydrogen (secondary N) is 1. The molecule has 2 aliphatic heterocycles. The Morgan fingerprint density at radius 1 is 1.09 bits per heavy atom. The average Bonchev–Trinajstić information content (AvgIpc) is 2.81. The number of ether oxygens (including phenoxy) is 1. The molecule has 1 fully saturated rings. The van der Waals surface area contributed by atoms with Crippen LogP contribution in [0.1, 0.15) is 22.8 Å². The number of halogens is 1. The summed E-state index contributed by atoms with van der Waals surface area (Å²) in [6.45, 7) is 6.08. The fourth-order valence-electron chi connectivity index (χ4n) is 3.83. The molecular weight excluding hydrogens is 446 g/mol. The molecule has 0 bridgehead atoms. The molecule has 1 saturated heterocycles. The van der Waals surface area contributed by atoms with E-state index >= 15 is 0 Å². The normalized spacial score (nSPS) is 17.1. The first-order valence-corrected chi connectivity index (χ1v) is 12.0. The number of allylic oxidation sites excluding steroid dienone is 1. The zero-order valence-electron chi connectivity index (χ0n) is 18.0. The van der Waals surface area contributed by atoms with Crippen LogP contribution < -0.4 is 5.32 Å². The molecule has 8 heteroatoms. The molecule has 0 radical (unpaired) electrons. The van der Waals surface area contributed by atoms with Gasteiger partial charge in [0.15, 0.2) is 0 Å². The summed E-state index contributed by atoms with van der Waals surface area (Å²) in [5.41, 5.74) is 2.13. The first-order chi connectivity index (χ1) is 15.5. The highest BCUT2D eigenvalue weighted by Crippen LogP contribution is 2.29. The van der Waals surface area contributed by atoms with Gasteiger partial charge in [-0.15, -0.1) is 11.8 Å².